The predicted molar refractivity (Wildman–Crippen MR) is 42.9 cm³/mol. The Morgan fingerprint density at radius 3 is 3.00 bits per heavy atom. The van der Waals surface area contributed by atoms with Crippen molar-refractivity contribution in [2.75, 3.05) is 6.61 Å². The van der Waals surface area contributed by atoms with Crippen LogP contribution >= 0.6 is 11.3 Å². The molecule has 0 fully saturated rings. The largest absolute Gasteiger partial charge is 0.396 e. The zero-order chi connectivity index (χ0) is 8.27. The first-order valence-electron chi connectivity index (χ1n) is 3.30. The van der Waals surface area contributed by atoms with Gasteiger partial charge in [-0.15, -0.1) is 11.3 Å². The standard InChI is InChI=1S/C7H9NO2S/c1-5-4-8-7(11-5)6(10)2-3-9/h4,9H,2-3H2,1H3. The van der Waals surface area contributed by atoms with Gasteiger partial charge >= 0.3 is 0 Å². The van der Waals surface area contributed by atoms with E-state index in [9.17, 15) is 4.79 Å². The summed E-state index contributed by atoms with van der Waals surface area (Å²) in [5.41, 5.74) is 0. The number of Topliss-reactive ketones (excluding diaryl/α,β-unsaturated/α-hetero) is 1. The fraction of sp³-hybridized carbons (Fsp3) is 0.429. The third-order valence-corrected chi connectivity index (χ3v) is 2.15. The van der Waals surface area contributed by atoms with Gasteiger partial charge in [0, 0.05) is 17.5 Å². The van der Waals surface area contributed by atoms with Crippen molar-refractivity contribution in [2.45, 2.75) is 13.3 Å². The van der Waals surface area contributed by atoms with Gasteiger partial charge in [0.05, 0.1) is 6.61 Å². The van der Waals surface area contributed by atoms with Crippen molar-refractivity contribution in [2.24, 2.45) is 0 Å². The molecule has 0 bridgehead atoms. The first-order valence-corrected chi connectivity index (χ1v) is 4.12. The van der Waals surface area contributed by atoms with E-state index in [0.29, 0.717) is 5.01 Å². The van der Waals surface area contributed by atoms with Gasteiger partial charge in [-0.05, 0) is 6.92 Å². The van der Waals surface area contributed by atoms with E-state index in [-0.39, 0.29) is 18.8 Å². The first-order chi connectivity index (χ1) is 5.24. The topological polar surface area (TPSA) is 50.2 Å². The molecule has 0 saturated heterocycles. The average Bonchev–Trinajstić information content (AvgIpc) is 2.36. The van der Waals surface area contributed by atoms with Crippen LogP contribution in [0.5, 0.6) is 0 Å². The number of aliphatic hydroxyl groups is 1. The summed E-state index contributed by atoms with van der Waals surface area (Å²) in [5, 5.41) is 8.96. The Bertz CT molecular complexity index is 257. The van der Waals surface area contributed by atoms with E-state index in [2.05, 4.69) is 4.98 Å². The molecular formula is C7H9NO2S. The highest BCUT2D eigenvalue weighted by atomic mass is 32.1. The second-order valence-corrected chi connectivity index (χ2v) is 3.41. The zero-order valence-electron chi connectivity index (χ0n) is 6.20. The Morgan fingerprint density at radius 2 is 2.55 bits per heavy atom. The van der Waals surface area contributed by atoms with Crippen molar-refractivity contribution in [3.8, 4) is 0 Å². The summed E-state index contributed by atoms with van der Waals surface area (Å²) in [4.78, 5) is 16.0. The zero-order valence-corrected chi connectivity index (χ0v) is 7.02. The Balaban J connectivity index is 2.69. The van der Waals surface area contributed by atoms with Crippen LogP contribution in [0.25, 0.3) is 0 Å². The van der Waals surface area contributed by atoms with Gasteiger partial charge in [-0.2, -0.15) is 0 Å². The minimum Gasteiger partial charge on any atom is -0.396 e. The lowest BCUT2D eigenvalue weighted by Gasteiger charge is -1.89. The molecule has 0 radical (unpaired) electrons. The molecule has 0 aliphatic heterocycles. The summed E-state index contributed by atoms with van der Waals surface area (Å²) in [5.74, 6) is -0.0781. The first kappa shape index (κ1) is 8.36. The van der Waals surface area contributed by atoms with Crippen LogP contribution in [0, 0.1) is 6.92 Å². The number of rotatable bonds is 3. The molecule has 0 atom stereocenters. The summed E-state index contributed by atoms with van der Waals surface area (Å²) in [6, 6.07) is 0. The quantitative estimate of drug-likeness (QED) is 0.691. The van der Waals surface area contributed by atoms with E-state index in [1.165, 1.54) is 11.3 Å². The highest BCUT2D eigenvalue weighted by Gasteiger charge is 2.07. The number of ketones is 1. The number of aromatic nitrogens is 1. The molecule has 1 aromatic rings. The fourth-order valence-corrected chi connectivity index (χ4v) is 1.42. The van der Waals surface area contributed by atoms with Crippen molar-refractivity contribution in [3.63, 3.8) is 0 Å². The molecule has 0 saturated carbocycles. The average molecular weight is 171 g/mol. The van der Waals surface area contributed by atoms with Crippen LogP contribution in [0.3, 0.4) is 0 Å². The van der Waals surface area contributed by atoms with Crippen molar-refractivity contribution in [1.29, 1.82) is 0 Å². The van der Waals surface area contributed by atoms with Crippen molar-refractivity contribution >= 4 is 17.1 Å². The van der Waals surface area contributed by atoms with E-state index < -0.39 is 0 Å². The number of carbonyl (C=O) groups is 1. The predicted octanol–water partition coefficient (Wildman–Crippen LogP) is 1.02. The minimum atomic E-state index is -0.0997. The molecule has 0 aliphatic rings. The van der Waals surface area contributed by atoms with Crippen LogP contribution in [-0.2, 0) is 0 Å². The lowest BCUT2D eigenvalue weighted by molar-refractivity contribution is 0.0956. The Kier molecular flexibility index (Phi) is 2.73. The van der Waals surface area contributed by atoms with Gasteiger partial charge in [0.2, 0.25) is 0 Å². The van der Waals surface area contributed by atoms with Crippen LogP contribution in [0.4, 0.5) is 0 Å². The molecule has 0 aromatic carbocycles. The van der Waals surface area contributed by atoms with Crippen molar-refractivity contribution < 1.29 is 9.90 Å². The van der Waals surface area contributed by atoms with Gasteiger partial charge in [-0.1, -0.05) is 0 Å². The second-order valence-electron chi connectivity index (χ2n) is 2.17. The number of hydrogen-bond acceptors (Lipinski definition) is 4. The second kappa shape index (κ2) is 3.59. The van der Waals surface area contributed by atoms with Crippen LogP contribution in [0.15, 0.2) is 6.20 Å². The number of nitrogens with zero attached hydrogens (tertiary/aromatic N) is 1. The molecule has 0 spiro atoms. The lowest BCUT2D eigenvalue weighted by Crippen LogP contribution is -2.00. The number of carbonyl (C=O) groups excluding carboxylic acids is 1. The molecule has 1 heterocycles. The maximum absolute atomic E-state index is 11.0. The minimum absolute atomic E-state index is 0.0781. The number of hydrogen-bond donors (Lipinski definition) is 1. The monoisotopic (exact) mass is 171 g/mol. The van der Waals surface area contributed by atoms with Crippen LogP contribution in [0.1, 0.15) is 21.1 Å². The molecule has 1 rings (SSSR count). The summed E-state index contributed by atoms with van der Waals surface area (Å²) in [6.45, 7) is 1.80. The van der Waals surface area contributed by atoms with Crippen LogP contribution in [0.2, 0.25) is 0 Å². The Hall–Kier alpha value is -0.740. The normalized spacial score (nSPS) is 10.0. The fourth-order valence-electron chi connectivity index (χ4n) is 0.692. The van der Waals surface area contributed by atoms with Gasteiger partial charge in [-0.25, -0.2) is 4.98 Å². The number of thiazole rings is 1. The molecule has 0 aliphatic carbocycles. The maximum Gasteiger partial charge on any atom is 0.193 e. The highest BCUT2D eigenvalue weighted by Crippen LogP contribution is 2.12. The van der Waals surface area contributed by atoms with E-state index in [1.54, 1.807) is 6.20 Å². The van der Waals surface area contributed by atoms with E-state index >= 15 is 0 Å². The molecule has 11 heavy (non-hydrogen) atoms. The van der Waals surface area contributed by atoms with Crippen molar-refractivity contribution in [3.05, 3.63) is 16.1 Å². The number of aliphatic hydroxyl groups excluding tert-OH is 1. The molecular weight excluding hydrogens is 162 g/mol. The molecule has 0 unspecified atom stereocenters. The summed E-state index contributed by atoms with van der Waals surface area (Å²) >= 11 is 1.36. The summed E-state index contributed by atoms with van der Waals surface area (Å²) < 4.78 is 0. The van der Waals surface area contributed by atoms with Crippen molar-refractivity contribution in [1.82, 2.24) is 4.98 Å². The smallest absolute Gasteiger partial charge is 0.193 e. The van der Waals surface area contributed by atoms with E-state index in [4.69, 9.17) is 5.11 Å². The van der Waals surface area contributed by atoms with Crippen LogP contribution < -0.4 is 0 Å². The van der Waals surface area contributed by atoms with E-state index in [0.717, 1.165) is 4.88 Å². The van der Waals surface area contributed by atoms with Gasteiger partial charge in [0.25, 0.3) is 0 Å². The number of aryl methyl sites for hydroxylation is 1. The molecule has 0 amide bonds. The molecule has 60 valence electrons. The lowest BCUT2D eigenvalue weighted by atomic mass is 10.3. The van der Waals surface area contributed by atoms with Crippen LogP contribution in [-0.4, -0.2) is 22.5 Å². The third-order valence-electron chi connectivity index (χ3n) is 1.20. The SMILES string of the molecule is Cc1cnc(C(=O)CCO)s1. The maximum atomic E-state index is 11.0. The van der Waals surface area contributed by atoms with Gasteiger partial charge < -0.3 is 5.11 Å². The van der Waals surface area contributed by atoms with Gasteiger partial charge in [0.1, 0.15) is 0 Å². The Morgan fingerprint density at radius 1 is 1.82 bits per heavy atom. The molecule has 3 nitrogen and oxygen atoms in total. The van der Waals surface area contributed by atoms with Gasteiger partial charge in [-0.3, -0.25) is 4.79 Å². The highest BCUT2D eigenvalue weighted by molar-refractivity contribution is 7.13. The molecule has 1 aromatic heterocycles. The molecule has 1 N–H and O–H groups in total. The summed E-state index contributed by atoms with van der Waals surface area (Å²) in [7, 11) is 0. The molecule has 4 heteroatoms. The van der Waals surface area contributed by atoms with E-state index in [1.807, 2.05) is 6.92 Å². The summed E-state index contributed by atoms with van der Waals surface area (Å²) in [6.07, 6.45) is 1.84. The third kappa shape index (κ3) is 2.10. The van der Waals surface area contributed by atoms with Gasteiger partial charge in [0.15, 0.2) is 10.8 Å². The Labute approximate surface area is 68.7 Å².